The highest BCUT2D eigenvalue weighted by Crippen LogP contribution is 2.67. The zero-order valence-electron chi connectivity index (χ0n) is 21.1. The molecular formula is C24H34F3N3O5. The van der Waals surface area contributed by atoms with E-state index in [4.69, 9.17) is 0 Å². The average Bonchev–Trinajstić information content (AvgIpc) is 3.23. The molecule has 196 valence electrons. The van der Waals surface area contributed by atoms with Gasteiger partial charge in [-0.2, -0.15) is 13.2 Å². The third-order valence-corrected chi connectivity index (χ3v) is 9.14. The van der Waals surface area contributed by atoms with Crippen molar-refractivity contribution in [1.82, 2.24) is 15.1 Å². The predicted octanol–water partition coefficient (Wildman–Crippen LogP) is 2.13. The van der Waals surface area contributed by atoms with E-state index in [1.165, 1.54) is 9.80 Å². The molecule has 2 N–H and O–H groups in total. The molecule has 4 rings (SSSR count). The van der Waals surface area contributed by atoms with Gasteiger partial charge in [-0.3, -0.25) is 14.4 Å². The molecule has 8 nitrogen and oxygen atoms in total. The molecule has 0 bridgehead atoms. The lowest BCUT2D eigenvalue weighted by molar-refractivity contribution is -0.176. The Hall–Kier alpha value is -2.33. The van der Waals surface area contributed by atoms with Gasteiger partial charge >= 0.3 is 18.1 Å². The molecule has 2 heterocycles. The van der Waals surface area contributed by atoms with Gasteiger partial charge in [-0.25, -0.2) is 4.79 Å². The van der Waals surface area contributed by atoms with Crippen LogP contribution in [0.15, 0.2) is 0 Å². The fourth-order valence-electron chi connectivity index (χ4n) is 6.79. The molecular weight excluding hydrogens is 467 g/mol. The Morgan fingerprint density at radius 1 is 0.886 bits per heavy atom. The highest BCUT2D eigenvalue weighted by atomic mass is 19.4. The maximum atomic E-state index is 13.8. The number of carboxylic acid groups (broad SMARTS) is 1. The van der Waals surface area contributed by atoms with Crippen molar-refractivity contribution >= 4 is 23.7 Å². The summed E-state index contributed by atoms with van der Waals surface area (Å²) in [5.74, 6) is -4.92. The van der Waals surface area contributed by atoms with Crippen LogP contribution in [-0.4, -0.2) is 76.0 Å². The first-order valence-corrected chi connectivity index (χ1v) is 12.0. The van der Waals surface area contributed by atoms with Crippen LogP contribution < -0.4 is 5.32 Å². The Kier molecular flexibility index (Phi) is 5.41. The van der Waals surface area contributed by atoms with Crippen LogP contribution in [0.5, 0.6) is 0 Å². The van der Waals surface area contributed by atoms with Crippen molar-refractivity contribution in [2.24, 2.45) is 39.9 Å². The number of amides is 3. The maximum Gasteiger partial charge on any atom is 0.471 e. The van der Waals surface area contributed by atoms with Crippen LogP contribution in [0.4, 0.5) is 13.2 Å². The zero-order valence-corrected chi connectivity index (χ0v) is 21.1. The Bertz CT molecular complexity index is 986. The molecule has 2 aliphatic carbocycles. The lowest BCUT2D eigenvalue weighted by atomic mass is 9.85. The summed E-state index contributed by atoms with van der Waals surface area (Å²) in [4.78, 5) is 53.9. The number of carbonyl (C=O) groups is 4. The summed E-state index contributed by atoms with van der Waals surface area (Å²) in [5, 5.41) is 11.7. The lowest BCUT2D eigenvalue weighted by Crippen LogP contribution is -2.61. The lowest BCUT2D eigenvalue weighted by Gasteiger charge is -2.39. The summed E-state index contributed by atoms with van der Waals surface area (Å²) in [6.45, 7) is 13.0. The Balaban J connectivity index is 1.63. The standard InChI is InChI=1S/C24H34F3N3O5/c1-21(2,3)16(28-20(35)24(25,26)27)18(32)29-8-10-12(22(10,4)5)14(29)17(31)30-9-11-13(23(11,6)7)15(30)19(33)34/h10-16H,8-9H2,1-7H3,(H,28,35)(H,33,34)/t10-,11-,12-,13-,14-,15-,16+/m0/s1. The van der Waals surface area contributed by atoms with E-state index in [2.05, 4.69) is 0 Å². The number of piperidine rings is 2. The number of carbonyl (C=O) groups excluding carboxylic acids is 3. The van der Waals surface area contributed by atoms with Gasteiger partial charge in [0.15, 0.2) is 0 Å². The number of aliphatic carboxylic acids is 1. The first-order chi connectivity index (χ1) is 15.7. The number of likely N-dealkylation sites (tertiary alicyclic amines) is 2. The molecule has 11 heteroatoms. The van der Waals surface area contributed by atoms with Crippen molar-refractivity contribution in [3.63, 3.8) is 0 Å². The van der Waals surface area contributed by atoms with Crippen LogP contribution in [0.2, 0.25) is 0 Å². The van der Waals surface area contributed by atoms with E-state index >= 15 is 0 Å². The summed E-state index contributed by atoms with van der Waals surface area (Å²) >= 11 is 0. The number of fused-ring (bicyclic) bond motifs is 2. The molecule has 3 amide bonds. The molecule has 0 radical (unpaired) electrons. The summed E-state index contributed by atoms with van der Waals surface area (Å²) in [6.07, 6.45) is -5.16. The van der Waals surface area contributed by atoms with Gasteiger partial charge in [0.25, 0.3) is 0 Å². The van der Waals surface area contributed by atoms with Gasteiger partial charge in [-0.1, -0.05) is 48.5 Å². The molecule has 2 saturated carbocycles. The molecule has 0 aromatic rings. The van der Waals surface area contributed by atoms with Gasteiger partial charge in [-0.05, 0) is 34.0 Å². The number of carboxylic acids is 1. The first kappa shape index (κ1) is 25.8. The number of nitrogens with one attached hydrogen (secondary N) is 1. The number of hydrogen-bond acceptors (Lipinski definition) is 4. The smallest absolute Gasteiger partial charge is 0.471 e. The third kappa shape index (κ3) is 3.80. The van der Waals surface area contributed by atoms with E-state index < -0.39 is 53.4 Å². The van der Waals surface area contributed by atoms with Gasteiger partial charge in [0, 0.05) is 19.0 Å². The molecule has 7 atom stereocenters. The molecule has 0 spiro atoms. The second-order valence-electron chi connectivity index (χ2n) is 12.9. The molecule has 4 fully saturated rings. The average molecular weight is 502 g/mol. The number of nitrogens with zero attached hydrogens (tertiary/aromatic N) is 2. The SMILES string of the molecule is CC(C)(C)[C@H](NC(=O)C(F)(F)F)C(=O)N1C[C@H]2[C@@H]([C@H]1C(=O)N1C[C@H]3[C@@H]([C@H]1C(=O)O)C3(C)C)C2(C)C. The van der Waals surface area contributed by atoms with E-state index in [9.17, 15) is 37.5 Å². The van der Waals surface area contributed by atoms with Crippen LogP contribution in [-0.2, 0) is 19.2 Å². The molecule has 35 heavy (non-hydrogen) atoms. The predicted molar refractivity (Wildman–Crippen MR) is 118 cm³/mol. The van der Waals surface area contributed by atoms with Crippen molar-refractivity contribution in [3.05, 3.63) is 0 Å². The summed E-state index contributed by atoms with van der Waals surface area (Å²) < 4.78 is 39.0. The fourth-order valence-corrected chi connectivity index (χ4v) is 6.79. The Morgan fingerprint density at radius 3 is 1.77 bits per heavy atom. The van der Waals surface area contributed by atoms with E-state index in [1.54, 1.807) is 20.8 Å². The zero-order chi connectivity index (χ0) is 26.6. The summed E-state index contributed by atoms with van der Waals surface area (Å²) in [5.41, 5.74) is -1.51. The third-order valence-electron chi connectivity index (χ3n) is 9.14. The highest BCUT2D eigenvalue weighted by Gasteiger charge is 2.74. The summed E-state index contributed by atoms with van der Waals surface area (Å²) in [7, 11) is 0. The second-order valence-corrected chi connectivity index (χ2v) is 12.9. The minimum absolute atomic E-state index is 0.0313. The fraction of sp³-hybridized carbons (Fsp3) is 0.833. The number of rotatable bonds is 4. The quantitative estimate of drug-likeness (QED) is 0.614. The van der Waals surface area contributed by atoms with Gasteiger partial charge in [-0.15, -0.1) is 0 Å². The Labute approximate surface area is 202 Å². The van der Waals surface area contributed by atoms with E-state index in [1.807, 2.05) is 33.0 Å². The van der Waals surface area contributed by atoms with Crippen LogP contribution in [0.25, 0.3) is 0 Å². The largest absolute Gasteiger partial charge is 0.480 e. The van der Waals surface area contributed by atoms with Crippen LogP contribution in [0.3, 0.4) is 0 Å². The normalized spacial score (nSPS) is 35.1. The van der Waals surface area contributed by atoms with Crippen LogP contribution in [0.1, 0.15) is 48.5 Å². The van der Waals surface area contributed by atoms with Crippen molar-refractivity contribution in [1.29, 1.82) is 0 Å². The van der Waals surface area contributed by atoms with Crippen LogP contribution >= 0.6 is 0 Å². The molecule has 0 aromatic heterocycles. The molecule has 0 aromatic carbocycles. The number of alkyl halides is 3. The molecule has 0 unspecified atom stereocenters. The molecule has 2 aliphatic heterocycles. The van der Waals surface area contributed by atoms with Gasteiger partial charge in [0.2, 0.25) is 11.8 Å². The van der Waals surface area contributed by atoms with Gasteiger partial charge in [0.05, 0.1) is 0 Å². The van der Waals surface area contributed by atoms with E-state index in [0.29, 0.717) is 0 Å². The topological polar surface area (TPSA) is 107 Å². The summed E-state index contributed by atoms with van der Waals surface area (Å²) in [6, 6.07) is -3.48. The Morgan fingerprint density at radius 2 is 1.34 bits per heavy atom. The van der Waals surface area contributed by atoms with Crippen molar-refractivity contribution in [2.75, 3.05) is 13.1 Å². The van der Waals surface area contributed by atoms with Crippen molar-refractivity contribution < 1.29 is 37.5 Å². The highest BCUT2D eigenvalue weighted by molar-refractivity contribution is 5.96. The number of hydrogen-bond donors (Lipinski definition) is 2. The second kappa shape index (κ2) is 7.35. The molecule has 2 saturated heterocycles. The van der Waals surface area contributed by atoms with Crippen molar-refractivity contribution in [3.8, 4) is 0 Å². The maximum absolute atomic E-state index is 13.8. The minimum atomic E-state index is -5.16. The monoisotopic (exact) mass is 501 g/mol. The first-order valence-electron chi connectivity index (χ1n) is 12.0. The number of halogens is 3. The van der Waals surface area contributed by atoms with Crippen molar-refractivity contribution in [2.45, 2.75) is 72.8 Å². The van der Waals surface area contributed by atoms with Gasteiger partial charge in [0.1, 0.15) is 18.1 Å². The van der Waals surface area contributed by atoms with Gasteiger partial charge < -0.3 is 20.2 Å². The van der Waals surface area contributed by atoms with Crippen LogP contribution in [0, 0.1) is 39.9 Å². The minimum Gasteiger partial charge on any atom is -0.480 e. The van der Waals surface area contributed by atoms with E-state index in [0.717, 1.165) is 0 Å². The molecule has 4 aliphatic rings. The van der Waals surface area contributed by atoms with E-state index in [-0.39, 0.29) is 47.6 Å².